The third-order valence-electron chi connectivity index (χ3n) is 5.90. The lowest BCUT2D eigenvalue weighted by atomic mass is 9.74. The first-order valence-corrected chi connectivity index (χ1v) is 11.1. The van der Waals surface area contributed by atoms with Gasteiger partial charge in [0.2, 0.25) is 5.95 Å². The van der Waals surface area contributed by atoms with Gasteiger partial charge in [-0.2, -0.15) is 0 Å². The van der Waals surface area contributed by atoms with Crippen LogP contribution < -0.4 is 15.0 Å². The second-order valence-corrected chi connectivity index (χ2v) is 9.62. The number of nitrogens with zero attached hydrogens (tertiary/aromatic N) is 3. The van der Waals surface area contributed by atoms with Crippen molar-refractivity contribution in [3.8, 4) is 5.75 Å². The summed E-state index contributed by atoms with van der Waals surface area (Å²) < 4.78 is 24.9. The van der Waals surface area contributed by atoms with Gasteiger partial charge in [0, 0.05) is 24.8 Å². The average Bonchev–Trinajstić information content (AvgIpc) is 2.71. The number of aromatic nitrogens is 2. The molecule has 0 spiro atoms. The molecule has 0 saturated carbocycles. The molecule has 1 aliphatic heterocycles. The van der Waals surface area contributed by atoms with Crippen LogP contribution in [0.4, 0.5) is 10.3 Å². The van der Waals surface area contributed by atoms with Crippen LogP contribution in [0.15, 0.2) is 30.5 Å². The Hall–Kier alpha value is -2.74. The highest BCUT2D eigenvalue weighted by Gasteiger charge is 2.35. The first kappa shape index (κ1) is 22.5. The van der Waals surface area contributed by atoms with Crippen LogP contribution in [0.3, 0.4) is 0 Å². The van der Waals surface area contributed by atoms with E-state index in [0.29, 0.717) is 5.95 Å². The van der Waals surface area contributed by atoms with Crippen molar-refractivity contribution in [3.63, 3.8) is 0 Å². The minimum Gasteiger partial charge on any atom is -0.481 e. The van der Waals surface area contributed by atoms with Crippen molar-refractivity contribution < 1.29 is 18.7 Å². The van der Waals surface area contributed by atoms with Crippen LogP contribution in [-0.4, -0.2) is 47.8 Å². The smallest absolute Gasteiger partial charge is 0.258 e. The summed E-state index contributed by atoms with van der Waals surface area (Å²) in [7, 11) is 0. The molecule has 7 nitrogen and oxygen atoms in total. The number of fused-ring (bicyclic) bond motifs is 1. The zero-order valence-corrected chi connectivity index (χ0v) is 19.1. The molecule has 1 aromatic heterocycles. The predicted molar refractivity (Wildman–Crippen MR) is 119 cm³/mol. The van der Waals surface area contributed by atoms with Gasteiger partial charge in [0.15, 0.2) is 18.2 Å². The summed E-state index contributed by atoms with van der Waals surface area (Å²) >= 11 is 0. The van der Waals surface area contributed by atoms with Gasteiger partial charge in [0.05, 0.1) is 23.9 Å². The van der Waals surface area contributed by atoms with Crippen molar-refractivity contribution in [3.05, 3.63) is 47.5 Å². The number of amides is 1. The van der Waals surface area contributed by atoms with E-state index in [4.69, 9.17) is 14.5 Å². The standard InChI is InChI=1S/C24H31FN4O3/c1-15-12-29(13-16(2)32-15)23-26-11-17-19(9-24(3,4)10-20(17)28-23)27-22(30)14-31-21-8-6-5-7-18(21)25/h5-8,11,15-16,19H,9-10,12-14H2,1-4H3,(H,27,30)/t15-,16-,19-/m1/s1. The summed E-state index contributed by atoms with van der Waals surface area (Å²) in [4.78, 5) is 24.3. The van der Waals surface area contributed by atoms with Gasteiger partial charge in [-0.3, -0.25) is 4.79 Å². The molecule has 3 atom stereocenters. The topological polar surface area (TPSA) is 76.6 Å². The van der Waals surface area contributed by atoms with E-state index in [2.05, 4.69) is 42.9 Å². The third kappa shape index (κ3) is 5.18. The summed E-state index contributed by atoms with van der Waals surface area (Å²) in [5.74, 6) is -0.0238. The van der Waals surface area contributed by atoms with E-state index in [9.17, 15) is 9.18 Å². The van der Waals surface area contributed by atoms with E-state index in [1.54, 1.807) is 12.1 Å². The van der Waals surface area contributed by atoms with Gasteiger partial charge in [-0.1, -0.05) is 26.0 Å². The number of carbonyl (C=O) groups is 1. The lowest BCUT2D eigenvalue weighted by Gasteiger charge is -2.38. The number of hydrogen-bond donors (Lipinski definition) is 1. The first-order chi connectivity index (χ1) is 15.2. The Labute approximate surface area is 188 Å². The second kappa shape index (κ2) is 9.02. The molecule has 0 radical (unpaired) electrons. The van der Waals surface area contributed by atoms with Crippen LogP contribution in [0.25, 0.3) is 0 Å². The highest BCUT2D eigenvalue weighted by molar-refractivity contribution is 5.78. The number of morpholine rings is 1. The SMILES string of the molecule is C[C@@H]1CN(c2ncc3c(n2)CC(C)(C)C[C@H]3NC(=O)COc2ccccc2F)C[C@@H](C)O1. The fourth-order valence-corrected chi connectivity index (χ4v) is 4.60. The van der Waals surface area contributed by atoms with Crippen molar-refractivity contribution >= 4 is 11.9 Å². The zero-order valence-electron chi connectivity index (χ0n) is 19.1. The Bertz CT molecular complexity index is 973. The minimum absolute atomic E-state index is 0.0332. The molecule has 1 amide bonds. The number of anilines is 1. The maximum Gasteiger partial charge on any atom is 0.258 e. The number of ether oxygens (including phenoxy) is 2. The molecule has 0 unspecified atom stereocenters. The summed E-state index contributed by atoms with van der Waals surface area (Å²) in [6.07, 6.45) is 3.65. The molecular weight excluding hydrogens is 411 g/mol. The van der Waals surface area contributed by atoms with Gasteiger partial charge in [0.1, 0.15) is 0 Å². The maximum atomic E-state index is 13.8. The molecule has 1 saturated heterocycles. The largest absolute Gasteiger partial charge is 0.481 e. The van der Waals surface area contributed by atoms with Gasteiger partial charge in [-0.05, 0) is 44.2 Å². The lowest BCUT2D eigenvalue weighted by molar-refractivity contribution is -0.124. The van der Waals surface area contributed by atoms with Crippen LogP contribution >= 0.6 is 0 Å². The van der Waals surface area contributed by atoms with Gasteiger partial charge < -0.3 is 19.7 Å². The highest BCUT2D eigenvalue weighted by atomic mass is 19.1. The summed E-state index contributed by atoms with van der Waals surface area (Å²) in [5.41, 5.74) is 1.86. The molecule has 32 heavy (non-hydrogen) atoms. The summed E-state index contributed by atoms with van der Waals surface area (Å²) in [5, 5.41) is 3.03. The van der Waals surface area contributed by atoms with Crippen LogP contribution in [0.2, 0.25) is 0 Å². The van der Waals surface area contributed by atoms with Crippen molar-refractivity contribution in [2.75, 3.05) is 24.6 Å². The van der Waals surface area contributed by atoms with Crippen molar-refractivity contribution in [2.45, 2.75) is 58.8 Å². The Morgan fingerprint density at radius 2 is 2.00 bits per heavy atom. The van der Waals surface area contributed by atoms with Crippen molar-refractivity contribution in [1.29, 1.82) is 0 Å². The van der Waals surface area contributed by atoms with E-state index < -0.39 is 5.82 Å². The number of carbonyl (C=O) groups excluding carboxylic acids is 1. The van der Waals surface area contributed by atoms with Gasteiger partial charge in [-0.25, -0.2) is 14.4 Å². The highest BCUT2D eigenvalue weighted by Crippen LogP contribution is 2.40. The van der Waals surface area contributed by atoms with Gasteiger partial charge in [-0.15, -0.1) is 0 Å². The molecule has 2 heterocycles. The fourth-order valence-electron chi connectivity index (χ4n) is 4.60. The van der Waals surface area contributed by atoms with E-state index in [1.807, 2.05) is 6.20 Å². The van der Waals surface area contributed by atoms with E-state index >= 15 is 0 Å². The molecule has 8 heteroatoms. The zero-order chi connectivity index (χ0) is 22.9. The van der Waals surface area contributed by atoms with E-state index in [1.165, 1.54) is 12.1 Å². The molecule has 1 aliphatic carbocycles. The molecule has 2 aromatic rings. The van der Waals surface area contributed by atoms with Crippen LogP contribution in [0, 0.1) is 11.2 Å². The lowest BCUT2D eigenvalue weighted by Crippen LogP contribution is -2.46. The Morgan fingerprint density at radius 1 is 1.28 bits per heavy atom. The van der Waals surface area contributed by atoms with Gasteiger partial charge >= 0.3 is 0 Å². The average molecular weight is 443 g/mol. The van der Waals surface area contributed by atoms with Crippen LogP contribution in [0.5, 0.6) is 5.75 Å². The molecule has 2 aliphatic rings. The first-order valence-electron chi connectivity index (χ1n) is 11.1. The summed E-state index contributed by atoms with van der Waals surface area (Å²) in [6.45, 7) is 9.70. The monoisotopic (exact) mass is 442 g/mol. The number of benzene rings is 1. The number of hydrogen-bond acceptors (Lipinski definition) is 6. The maximum absolute atomic E-state index is 13.8. The molecule has 1 fully saturated rings. The second-order valence-electron chi connectivity index (χ2n) is 9.62. The Morgan fingerprint density at radius 3 is 2.72 bits per heavy atom. The van der Waals surface area contributed by atoms with E-state index in [-0.39, 0.29) is 41.9 Å². The molecule has 0 bridgehead atoms. The van der Waals surface area contributed by atoms with Crippen molar-refractivity contribution in [1.82, 2.24) is 15.3 Å². The van der Waals surface area contributed by atoms with Gasteiger partial charge in [0.25, 0.3) is 5.91 Å². The van der Waals surface area contributed by atoms with Crippen LogP contribution in [0.1, 0.15) is 51.4 Å². The number of rotatable bonds is 5. The third-order valence-corrected chi connectivity index (χ3v) is 5.90. The fraction of sp³-hybridized carbons (Fsp3) is 0.542. The number of nitrogens with one attached hydrogen (secondary N) is 1. The van der Waals surface area contributed by atoms with Crippen molar-refractivity contribution in [2.24, 2.45) is 5.41 Å². The van der Waals surface area contributed by atoms with E-state index in [0.717, 1.165) is 37.2 Å². The molecule has 172 valence electrons. The Balaban J connectivity index is 1.48. The predicted octanol–water partition coefficient (Wildman–Crippen LogP) is 3.44. The molecule has 1 N–H and O–H groups in total. The Kier molecular flexibility index (Phi) is 6.33. The normalized spacial score (nSPS) is 24.5. The molecule has 1 aromatic carbocycles. The number of para-hydroxylation sites is 1. The minimum atomic E-state index is -0.489. The molecular formula is C24H31FN4O3. The molecule has 4 rings (SSSR count). The quantitative estimate of drug-likeness (QED) is 0.765. The number of halogens is 1. The summed E-state index contributed by atoms with van der Waals surface area (Å²) in [6, 6.07) is 5.83. The van der Waals surface area contributed by atoms with Crippen LogP contribution in [-0.2, 0) is 16.0 Å².